The number of methoxy groups -OCH3 is 2. The Morgan fingerprint density at radius 2 is 2.00 bits per heavy atom. The van der Waals surface area contributed by atoms with Gasteiger partial charge in [0, 0.05) is 7.11 Å². The Balaban J connectivity index is 2.39. The predicted molar refractivity (Wildman–Crippen MR) is 81.8 cm³/mol. The van der Waals surface area contributed by atoms with E-state index in [1.54, 1.807) is 14.2 Å². The predicted octanol–water partition coefficient (Wildman–Crippen LogP) is 1.81. The molecule has 0 spiro atoms. The molecule has 1 fully saturated rings. The smallest absolute Gasteiger partial charge is 0.325 e. The summed E-state index contributed by atoms with van der Waals surface area (Å²) in [5.74, 6) is 0.518. The summed E-state index contributed by atoms with van der Waals surface area (Å²) < 4.78 is 10.2. The molecule has 0 aromatic heterocycles. The molecule has 0 saturated carbocycles. The lowest BCUT2D eigenvalue weighted by Crippen LogP contribution is -2.43. The monoisotopic (exact) mass is 306 g/mol. The minimum Gasteiger partial charge on any atom is -0.496 e. The van der Waals surface area contributed by atoms with Gasteiger partial charge in [-0.1, -0.05) is 13.0 Å². The highest BCUT2D eigenvalue weighted by molar-refractivity contribution is 6.07. The van der Waals surface area contributed by atoms with Crippen LogP contribution in [0.15, 0.2) is 18.2 Å². The zero-order chi connectivity index (χ0) is 16.3. The van der Waals surface area contributed by atoms with Gasteiger partial charge in [0.1, 0.15) is 11.3 Å². The van der Waals surface area contributed by atoms with E-state index in [-0.39, 0.29) is 18.5 Å². The van der Waals surface area contributed by atoms with Crippen LogP contribution in [-0.4, -0.2) is 44.2 Å². The minimum atomic E-state index is -1.01. The Hall–Kier alpha value is -2.08. The molecule has 120 valence electrons. The fourth-order valence-electron chi connectivity index (χ4n) is 2.80. The van der Waals surface area contributed by atoms with Gasteiger partial charge in [-0.25, -0.2) is 4.79 Å². The lowest BCUT2D eigenvalue weighted by atomic mass is 9.86. The van der Waals surface area contributed by atoms with Gasteiger partial charge in [-0.05, 0) is 36.6 Å². The molecule has 1 aromatic rings. The van der Waals surface area contributed by atoms with Crippen molar-refractivity contribution in [3.8, 4) is 5.75 Å². The van der Waals surface area contributed by atoms with Crippen molar-refractivity contribution in [1.82, 2.24) is 10.2 Å². The van der Waals surface area contributed by atoms with Crippen molar-refractivity contribution in [2.45, 2.75) is 25.8 Å². The highest BCUT2D eigenvalue weighted by atomic mass is 16.5. The maximum absolute atomic E-state index is 12.8. The molecule has 6 nitrogen and oxygen atoms in total. The summed E-state index contributed by atoms with van der Waals surface area (Å²) >= 11 is 0. The van der Waals surface area contributed by atoms with Crippen molar-refractivity contribution in [3.63, 3.8) is 0 Å². The Labute approximate surface area is 130 Å². The van der Waals surface area contributed by atoms with E-state index in [0.29, 0.717) is 13.0 Å². The number of nitrogens with one attached hydrogen (secondary N) is 1. The first-order chi connectivity index (χ1) is 10.5. The lowest BCUT2D eigenvalue weighted by Gasteiger charge is -2.26. The van der Waals surface area contributed by atoms with E-state index in [2.05, 4.69) is 5.32 Å². The number of hydrogen-bond acceptors (Lipinski definition) is 4. The largest absolute Gasteiger partial charge is 0.496 e. The second-order valence-corrected chi connectivity index (χ2v) is 5.32. The molecule has 1 saturated heterocycles. The van der Waals surface area contributed by atoms with Crippen LogP contribution in [0.1, 0.15) is 24.5 Å². The third kappa shape index (κ3) is 2.54. The van der Waals surface area contributed by atoms with E-state index in [1.807, 2.05) is 32.0 Å². The quantitative estimate of drug-likeness (QED) is 0.814. The zero-order valence-electron chi connectivity index (χ0n) is 13.4. The molecule has 1 N–H and O–H groups in total. The van der Waals surface area contributed by atoms with E-state index in [0.717, 1.165) is 16.9 Å². The Bertz CT molecular complexity index is 588. The van der Waals surface area contributed by atoms with Gasteiger partial charge in [-0.2, -0.15) is 0 Å². The Morgan fingerprint density at radius 3 is 2.55 bits per heavy atom. The number of benzene rings is 1. The van der Waals surface area contributed by atoms with Crippen LogP contribution in [0.5, 0.6) is 5.75 Å². The molecule has 1 aliphatic heterocycles. The maximum atomic E-state index is 12.8. The highest BCUT2D eigenvalue weighted by Gasteiger charge is 2.51. The number of carbonyl (C=O) groups is 2. The van der Waals surface area contributed by atoms with Crippen LogP contribution < -0.4 is 10.1 Å². The third-order valence-electron chi connectivity index (χ3n) is 4.11. The lowest BCUT2D eigenvalue weighted by molar-refractivity contribution is -0.132. The zero-order valence-corrected chi connectivity index (χ0v) is 13.4. The molecule has 2 rings (SSSR count). The molecule has 1 aliphatic rings. The molecule has 22 heavy (non-hydrogen) atoms. The van der Waals surface area contributed by atoms with Gasteiger partial charge >= 0.3 is 6.03 Å². The van der Waals surface area contributed by atoms with Crippen LogP contribution >= 0.6 is 0 Å². The van der Waals surface area contributed by atoms with Crippen LogP contribution in [0.4, 0.5) is 4.79 Å². The summed E-state index contributed by atoms with van der Waals surface area (Å²) in [5.41, 5.74) is 0.679. The number of urea groups is 1. The van der Waals surface area contributed by atoms with E-state index < -0.39 is 5.54 Å². The van der Waals surface area contributed by atoms with E-state index >= 15 is 0 Å². The minimum absolute atomic E-state index is 0.235. The number of rotatable bonds is 6. The first-order valence-corrected chi connectivity index (χ1v) is 7.28. The summed E-state index contributed by atoms with van der Waals surface area (Å²) in [6.45, 7) is 4.37. The Kier molecular flexibility index (Phi) is 4.71. The fraction of sp³-hybridized carbons (Fsp3) is 0.500. The van der Waals surface area contributed by atoms with Gasteiger partial charge in [0.05, 0.1) is 20.3 Å². The van der Waals surface area contributed by atoms with Crippen molar-refractivity contribution in [2.24, 2.45) is 0 Å². The molecule has 0 bridgehead atoms. The van der Waals surface area contributed by atoms with Crippen LogP contribution in [0.2, 0.25) is 0 Å². The molecule has 1 aromatic carbocycles. The molecule has 1 atom stereocenters. The number of amides is 3. The van der Waals surface area contributed by atoms with Gasteiger partial charge in [0.15, 0.2) is 0 Å². The number of hydrogen-bond donors (Lipinski definition) is 1. The van der Waals surface area contributed by atoms with Gasteiger partial charge in [0.25, 0.3) is 5.91 Å². The van der Waals surface area contributed by atoms with Crippen LogP contribution in [-0.2, 0) is 15.1 Å². The topological polar surface area (TPSA) is 67.9 Å². The standard InChI is InChI=1S/C16H22N2O4/c1-5-16(12-6-7-13(22-4)11(2)10-12)14(19)18(8-9-21-3)15(20)17-16/h6-7,10H,5,8-9H2,1-4H3,(H,17,20). The van der Waals surface area contributed by atoms with Gasteiger partial charge < -0.3 is 14.8 Å². The second-order valence-electron chi connectivity index (χ2n) is 5.32. The maximum Gasteiger partial charge on any atom is 0.325 e. The summed E-state index contributed by atoms with van der Waals surface area (Å²) in [6.07, 6.45) is 0.479. The van der Waals surface area contributed by atoms with Crippen molar-refractivity contribution in [3.05, 3.63) is 29.3 Å². The molecule has 1 unspecified atom stereocenters. The average Bonchev–Trinajstić information content (AvgIpc) is 2.76. The van der Waals surface area contributed by atoms with E-state index in [1.165, 1.54) is 4.90 Å². The Morgan fingerprint density at radius 1 is 1.27 bits per heavy atom. The number of ether oxygens (including phenoxy) is 2. The average molecular weight is 306 g/mol. The molecule has 6 heteroatoms. The van der Waals surface area contributed by atoms with Crippen molar-refractivity contribution >= 4 is 11.9 Å². The fourth-order valence-corrected chi connectivity index (χ4v) is 2.80. The SMILES string of the molecule is CCC1(c2ccc(OC)c(C)c2)NC(=O)N(CCOC)C1=O. The molecule has 0 radical (unpaired) electrons. The highest BCUT2D eigenvalue weighted by Crippen LogP contribution is 2.34. The van der Waals surface area contributed by atoms with Crippen molar-refractivity contribution in [2.75, 3.05) is 27.4 Å². The van der Waals surface area contributed by atoms with Crippen molar-refractivity contribution < 1.29 is 19.1 Å². The van der Waals surface area contributed by atoms with E-state index in [4.69, 9.17) is 9.47 Å². The number of nitrogens with zero attached hydrogens (tertiary/aromatic N) is 1. The first kappa shape index (κ1) is 16.3. The number of carbonyl (C=O) groups excluding carboxylic acids is 2. The first-order valence-electron chi connectivity index (χ1n) is 7.28. The van der Waals surface area contributed by atoms with Crippen LogP contribution in [0, 0.1) is 6.92 Å². The summed E-state index contributed by atoms with van der Waals surface area (Å²) in [4.78, 5) is 26.2. The van der Waals surface area contributed by atoms with Gasteiger partial charge in [-0.3, -0.25) is 9.69 Å². The molecular formula is C16H22N2O4. The summed E-state index contributed by atoms with van der Waals surface area (Å²) in [6, 6.07) is 5.16. The van der Waals surface area contributed by atoms with Crippen molar-refractivity contribution in [1.29, 1.82) is 0 Å². The molecule has 3 amide bonds. The summed E-state index contributed by atoms with van der Waals surface area (Å²) in [5, 5.41) is 2.85. The molecule has 0 aliphatic carbocycles. The summed E-state index contributed by atoms with van der Waals surface area (Å²) in [7, 11) is 3.14. The third-order valence-corrected chi connectivity index (χ3v) is 4.11. The van der Waals surface area contributed by atoms with Crippen LogP contribution in [0.25, 0.3) is 0 Å². The van der Waals surface area contributed by atoms with Gasteiger partial charge in [-0.15, -0.1) is 0 Å². The second kappa shape index (κ2) is 6.36. The number of aryl methyl sites for hydroxylation is 1. The van der Waals surface area contributed by atoms with Gasteiger partial charge in [0.2, 0.25) is 0 Å². The van der Waals surface area contributed by atoms with Crippen LogP contribution in [0.3, 0.4) is 0 Å². The van der Waals surface area contributed by atoms with E-state index in [9.17, 15) is 9.59 Å². The number of imide groups is 1. The molecular weight excluding hydrogens is 284 g/mol. The molecule has 1 heterocycles. The normalized spacial score (nSPS) is 21.2.